The molecule has 25 heavy (non-hydrogen) atoms. The second kappa shape index (κ2) is 7.57. The van der Waals surface area contributed by atoms with Gasteiger partial charge in [0.15, 0.2) is 11.4 Å². The van der Waals surface area contributed by atoms with Gasteiger partial charge in [-0.05, 0) is 42.8 Å². The first-order valence-electron chi connectivity index (χ1n) is 8.02. The Morgan fingerprint density at radius 2 is 1.64 bits per heavy atom. The number of azo groups is 1. The van der Waals surface area contributed by atoms with Crippen LogP contribution in [-0.2, 0) is 0 Å². The fraction of sp³-hybridized carbons (Fsp3) is 0.150. The zero-order chi connectivity index (χ0) is 17.6. The molecule has 5 heteroatoms. The van der Waals surface area contributed by atoms with Crippen LogP contribution in [0.3, 0.4) is 0 Å². The molecule has 126 valence electrons. The third-order valence-electron chi connectivity index (χ3n) is 3.72. The van der Waals surface area contributed by atoms with Crippen LogP contribution < -0.4 is 4.90 Å². The Labute approximate surface area is 147 Å². The molecular weight excluding hydrogens is 312 g/mol. The largest absolute Gasteiger partial charge is 0.378 e. The first-order valence-corrected chi connectivity index (χ1v) is 8.02. The summed E-state index contributed by atoms with van der Waals surface area (Å²) < 4.78 is 5.37. The Balaban J connectivity index is 1.80. The zero-order valence-electron chi connectivity index (χ0n) is 14.5. The van der Waals surface area contributed by atoms with E-state index < -0.39 is 0 Å². The monoisotopic (exact) mass is 332 g/mol. The number of benzene rings is 2. The molecule has 0 atom stereocenters. The van der Waals surface area contributed by atoms with Gasteiger partial charge in [-0.25, -0.2) is 0 Å². The van der Waals surface area contributed by atoms with E-state index in [1.807, 2.05) is 63.5 Å². The number of aryl methyl sites for hydroxylation is 1. The summed E-state index contributed by atoms with van der Waals surface area (Å²) in [5, 5.41) is 12.5. The van der Waals surface area contributed by atoms with Crippen molar-refractivity contribution < 1.29 is 4.52 Å². The molecule has 0 bridgehead atoms. The smallest absolute Gasteiger partial charge is 0.187 e. The van der Waals surface area contributed by atoms with Crippen LogP contribution in [0, 0.1) is 6.92 Å². The van der Waals surface area contributed by atoms with E-state index in [0.717, 1.165) is 16.9 Å². The number of anilines is 1. The SMILES string of the molecule is Cc1noc(/C=C/c2ccc(N(C)C)cc2)c1N=Nc1ccccc1. The number of hydrogen-bond acceptors (Lipinski definition) is 5. The normalized spacial score (nSPS) is 11.5. The predicted molar refractivity (Wildman–Crippen MR) is 102 cm³/mol. The summed E-state index contributed by atoms with van der Waals surface area (Å²) in [5.74, 6) is 0.592. The van der Waals surface area contributed by atoms with E-state index in [9.17, 15) is 0 Å². The van der Waals surface area contributed by atoms with Crippen molar-refractivity contribution in [2.45, 2.75) is 6.92 Å². The highest BCUT2D eigenvalue weighted by atomic mass is 16.5. The molecule has 3 rings (SSSR count). The average Bonchev–Trinajstić information content (AvgIpc) is 2.99. The van der Waals surface area contributed by atoms with Gasteiger partial charge in [-0.2, -0.15) is 5.11 Å². The van der Waals surface area contributed by atoms with Gasteiger partial charge in [-0.15, -0.1) is 5.11 Å². The second-order valence-corrected chi connectivity index (χ2v) is 5.84. The number of rotatable bonds is 5. The van der Waals surface area contributed by atoms with Crippen molar-refractivity contribution in [3.8, 4) is 0 Å². The van der Waals surface area contributed by atoms with Crippen LogP contribution in [0.2, 0.25) is 0 Å². The van der Waals surface area contributed by atoms with E-state index in [-0.39, 0.29) is 0 Å². The highest BCUT2D eigenvalue weighted by Crippen LogP contribution is 2.28. The maximum absolute atomic E-state index is 5.37. The summed E-state index contributed by atoms with van der Waals surface area (Å²) in [5.41, 5.74) is 4.38. The van der Waals surface area contributed by atoms with E-state index >= 15 is 0 Å². The van der Waals surface area contributed by atoms with E-state index in [1.165, 1.54) is 0 Å². The number of hydrogen-bond donors (Lipinski definition) is 0. The van der Waals surface area contributed by atoms with Gasteiger partial charge >= 0.3 is 0 Å². The number of nitrogens with zero attached hydrogens (tertiary/aromatic N) is 4. The Kier molecular flexibility index (Phi) is 5.04. The molecule has 0 aliphatic heterocycles. The van der Waals surface area contributed by atoms with Crippen molar-refractivity contribution in [2.75, 3.05) is 19.0 Å². The van der Waals surface area contributed by atoms with Gasteiger partial charge in [0.2, 0.25) is 0 Å². The molecule has 0 amide bonds. The molecule has 2 aromatic carbocycles. The Hall–Kier alpha value is -3.21. The first kappa shape index (κ1) is 16.6. The van der Waals surface area contributed by atoms with Gasteiger partial charge in [-0.3, -0.25) is 0 Å². The Morgan fingerprint density at radius 1 is 0.920 bits per heavy atom. The van der Waals surface area contributed by atoms with Crippen LogP contribution in [0.1, 0.15) is 17.0 Å². The fourth-order valence-corrected chi connectivity index (χ4v) is 2.27. The van der Waals surface area contributed by atoms with Crippen molar-refractivity contribution in [1.82, 2.24) is 5.16 Å². The maximum atomic E-state index is 5.37. The van der Waals surface area contributed by atoms with Crippen molar-refractivity contribution in [2.24, 2.45) is 10.2 Å². The van der Waals surface area contributed by atoms with E-state index in [2.05, 4.69) is 44.6 Å². The summed E-state index contributed by atoms with van der Waals surface area (Å²) in [6, 6.07) is 17.8. The third kappa shape index (κ3) is 4.20. The molecule has 0 unspecified atom stereocenters. The molecule has 0 radical (unpaired) electrons. The molecule has 5 nitrogen and oxygen atoms in total. The lowest BCUT2D eigenvalue weighted by Crippen LogP contribution is -2.07. The lowest BCUT2D eigenvalue weighted by Gasteiger charge is -2.11. The highest BCUT2D eigenvalue weighted by Gasteiger charge is 2.09. The van der Waals surface area contributed by atoms with Crippen LogP contribution in [0.15, 0.2) is 69.3 Å². The van der Waals surface area contributed by atoms with Gasteiger partial charge in [0.25, 0.3) is 0 Å². The summed E-state index contributed by atoms with van der Waals surface area (Å²) in [7, 11) is 4.04. The molecule has 1 aromatic heterocycles. The molecule has 0 N–H and O–H groups in total. The summed E-state index contributed by atoms with van der Waals surface area (Å²) >= 11 is 0. The van der Waals surface area contributed by atoms with Gasteiger partial charge in [-0.1, -0.05) is 41.6 Å². The van der Waals surface area contributed by atoms with Crippen molar-refractivity contribution >= 4 is 29.2 Å². The molecule has 1 heterocycles. The third-order valence-corrected chi connectivity index (χ3v) is 3.72. The van der Waals surface area contributed by atoms with E-state index in [0.29, 0.717) is 17.1 Å². The summed E-state index contributed by atoms with van der Waals surface area (Å²) in [6.07, 6.45) is 3.84. The summed E-state index contributed by atoms with van der Waals surface area (Å²) in [4.78, 5) is 2.06. The van der Waals surface area contributed by atoms with Gasteiger partial charge in [0.1, 0.15) is 5.69 Å². The van der Waals surface area contributed by atoms with Crippen molar-refractivity contribution in [1.29, 1.82) is 0 Å². The molecule has 0 saturated carbocycles. The maximum Gasteiger partial charge on any atom is 0.187 e. The minimum absolute atomic E-state index is 0.592. The standard InChI is InChI=1S/C20H20N4O/c1-15-20(22-21-17-7-5-4-6-8-17)19(25-23-15)14-11-16-9-12-18(13-10-16)24(2)3/h4-14H,1-3H3/b14-11+,22-21?. The van der Waals surface area contributed by atoms with Gasteiger partial charge in [0.05, 0.1) is 5.69 Å². The Morgan fingerprint density at radius 3 is 2.32 bits per heavy atom. The van der Waals surface area contributed by atoms with Crippen molar-refractivity contribution in [3.63, 3.8) is 0 Å². The topological polar surface area (TPSA) is 54.0 Å². The average molecular weight is 332 g/mol. The minimum Gasteiger partial charge on any atom is -0.378 e. The van der Waals surface area contributed by atoms with E-state index in [4.69, 9.17) is 4.52 Å². The molecule has 3 aromatic rings. The van der Waals surface area contributed by atoms with Gasteiger partial charge in [0, 0.05) is 19.8 Å². The molecule has 0 spiro atoms. The second-order valence-electron chi connectivity index (χ2n) is 5.84. The lowest BCUT2D eigenvalue weighted by atomic mass is 10.1. The van der Waals surface area contributed by atoms with Crippen LogP contribution in [0.25, 0.3) is 12.2 Å². The zero-order valence-corrected chi connectivity index (χ0v) is 14.5. The Bertz CT molecular complexity index is 878. The molecule has 0 fully saturated rings. The van der Waals surface area contributed by atoms with Crippen LogP contribution >= 0.6 is 0 Å². The quantitative estimate of drug-likeness (QED) is 0.569. The van der Waals surface area contributed by atoms with Crippen LogP contribution in [-0.4, -0.2) is 19.3 Å². The fourth-order valence-electron chi connectivity index (χ4n) is 2.27. The minimum atomic E-state index is 0.592. The predicted octanol–water partition coefficient (Wildman–Crippen LogP) is 5.63. The summed E-state index contributed by atoms with van der Waals surface area (Å²) in [6.45, 7) is 1.85. The van der Waals surface area contributed by atoms with Crippen LogP contribution in [0.4, 0.5) is 17.1 Å². The van der Waals surface area contributed by atoms with Crippen molar-refractivity contribution in [3.05, 3.63) is 71.6 Å². The molecule has 0 aliphatic rings. The van der Waals surface area contributed by atoms with Crippen LogP contribution in [0.5, 0.6) is 0 Å². The molecule has 0 saturated heterocycles. The van der Waals surface area contributed by atoms with E-state index in [1.54, 1.807) is 0 Å². The number of aromatic nitrogens is 1. The first-order chi connectivity index (χ1) is 12.1. The molecule has 0 aliphatic carbocycles. The molecular formula is C20H20N4O. The van der Waals surface area contributed by atoms with Gasteiger partial charge < -0.3 is 9.42 Å². The highest BCUT2D eigenvalue weighted by molar-refractivity contribution is 5.73. The lowest BCUT2D eigenvalue weighted by molar-refractivity contribution is 0.408.